The molecular formula is C19H23N3O6. The van der Waals surface area contributed by atoms with Crippen LogP contribution < -0.4 is 5.32 Å². The third-order valence-electron chi connectivity index (χ3n) is 4.90. The van der Waals surface area contributed by atoms with Crippen molar-refractivity contribution in [3.63, 3.8) is 0 Å². The number of ether oxygens (including phenoxy) is 1. The topological polar surface area (TPSA) is 119 Å². The lowest BCUT2D eigenvalue weighted by Gasteiger charge is -2.34. The summed E-state index contributed by atoms with van der Waals surface area (Å²) < 4.78 is 5.25. The molecule has 9 heteroatoms. The molecule has 1 N–H and O–H groups in total. The number of rotatable bonds is 3. The van der Waals surface area contributed by atoms with E-state index in [4.69, 9.17) is 4.74 Å². The van der Waals surface area contributed by atoms with Gasteiger partial charge < -0.3 is 10.1 Å². The molecule has 1 fully saturated rings. The lowest BCUT2D eigenvalue weighted by molar-refractivity contribution is -0.385. The lowest BCUT2D eigenvalue weighted by atomic mass is 9.90. The van der Waals surface area contributed by atoms with Gasteiger partial charge in [-0.25, -0.2) is 4.79 Å². The van der Waals surface area contributed by atoms with Gasteiger partial charge in [-0.1, -0.05) is 6.07 Å². The second-order valence-electron chi connectivity index (χ2n) is 8.09. The lowest BCUT2D eigenvalue weighted by Crippen LogP contribution is -2.46. The molecule has 0 atom stereocenters. The molecule has 1 aromatic rings. The number of nitrogens with zero attached hydrogens (tertiary/aromatic N) is 2. The van der Waals surface area contributed by atoms with E-state index in [9.17, 15) is 24.5 Å². The fraction of sp³-hybridized carbons (Fsp3) is 0.526. The number of alkyl carbamates (subject to hydrolysis) is 1. The van der Waals surface area contributed by atoms with Gasteiger partial charge in [0.1, 0.15) is 11.2 Å². The maximum Gasteiger partial charge on any atom is 0.407 e. The maximum absolute atomic E-state index is 12.8. The number of benzene rings is 1. The Morgan fingerprint density at radius 3 is 2.39 bits per heavy atom. The molecule has 1 saturated carbocycles. The number of hydrogen-bond acceptors (Lipinski definition) is 6. The number of carbonyl (C=O) groups excluding carboxylic acids is 3. The molecule has 0 unspecified atom stereocenters. The van der Waals surface area contributed by atoms with Gasteiger partial charge in [-0.05, 0) is 52.5 Å². The summed E-state index contributed by atoms with van der Waals surface area (Å²) in [6.07, 6.45) is 1.70. The molecule has 9 nitrogen and oxygen atoms in total. The van der Waals surface area contributed by atoms with Crippen LogP contribution in [0.2, 0.25) is 0 Å². The summed E-state index contributed by atoms with van der Waals surface area (Å²) in [7, 11) is 0. The predicted molar refractivity (Wildman–Crippen MR) is 99.0 cm³/mol. The van der Waals surface area contributed by atoms with Crippen LogP contribution in [0.5, 0.6) is 0 Å². The molecule has 150 valence electrons. The average Bonchev–Trinajstić information content (AvgIpc) is 2.85. The molecule has 28 heavy (non-hydrogen) atoms. The summed E-state index contributed by atoms with van der Waals surface area (Å²) in [4.78, 5) is 49.1. The third-order valence-corrected chi connectivity index (χ3v) is 4.90. The zero-order valence-corrected chi connectivity index (χ0v) is 16.1. The Morgan fingerprint density at radius 2 is 1.82 bits per heavy atom. The van der Waals surface area contributed by atoms with Crippen LogP contribution in [0.1, 0.15) is 67.2 Å². The Hall–Kier alpha value is -2.97. The Kier molecular flexibility index (Phi) is 5.10. The van der Waals surface area contributed by atoms with Crippen LogP contribution in [0.3, 0.4) is 0 Å². The zero-order chi connectivity index (χ0) is 20.6. The monoisotopic (exact) mass is 389 g/mol. The van der Waals surface area contributed by atoms with E-state index in [0.717, 1.165) is 4.90 Å². The molecule has 3 amide bonds. The molecule has 0 aromatic heterocycles. The Morgan fingerprint density at radius 1 is 1.18 bits per heavy atom. The van der Waals surface area contributed by atoms with Gasteiger partial charge in [0.2, 0.25) is 0 Å². The Labute approximate surface area is 162 Å². The first-order valence-electron chi connectivity index (χ1n) is 9.23. The Balaban J connectivity index is 1.66. The highest BCUT2D eigenvalue weighted by atomic mass is 16.6. The van der Waals surface area contributed by atoms with Gasteiger partial charge in [0.25, 0.3) is 17.5 Å². The van der Waals surface area contributed by atoms with E-state index in [2.05, 4.69) is 5.32 Å². The standard InChI is InChI=1S/C19H23N3O6/c1-19(2,3)28-18(25)20-11-7-9-12(10-8-11)21-16(23)13-5-4-6-14(22(26)27)15(13)17(21)24/h4-6,11-12H,7-10H2,1-3H3,(H,20,25)/t11-,12-. The van der Waals surface area contributed by atoms with E-state index in [1.807, 2.05) is 0 Å². The fourth-order valence-corrected chi connectivity index (χ4v) is 3.72. The van der Waals surface area contributed by atoms with Crippen molar-refractivity contribution in [3.8, 4) is 0 Å². The number of nitro benzene ring substituents is 1. The van der Waals surface area contributed by atoms with E-state index in [-0.39, 0.29) is 28.9 Å². The van der Waals surface area contributed by atoms with Crippen molar-refractivity contribution in [3.05, 3.63) is 39.4 Å². The summed E-state index contributed by atoms with van der Waals surface area (Å²) in [6, 6.07) is 3.64. The SMILES string of the molecule is CC(C)(C)OC(=O)N[C@H]1CC[C@H](N2C(=O)c3cccc([N+](=O)[O-])c3C2=O)CC1. The molecule has 0 spiro atoms. The van der Waals surface area contributed by atoms with Gasteiger partial charge in [0, 0.05) is 18.2 Å². The van der Waals surface area contributed by atoms with Crippen molar-refractivity contribution in [2.75, 3.05) is 0 Å². The van der Waals surface area contributed by atoms with Gasteiger partial charge in [-0.15, -0.1) is 0 Å². The van der Waals surface area contributed by atoms with Crippen LogP contribution in [0.15, 0.2) is 18.2 Å². The van der Waals surface area contributed by atoms with Crippen molar-refractivity contribution in [2.24, 2.45) is 0 Å². The normalized spacial score (nSPS) is 22.0. The van der Waals surface area contributed by atoms with Crippen LogP contribution in [0.25, 0.3) is 0 Å². The molecule has 3 rings (SSSR count). The molecule has 0 radical (unpaired) electrons. The van der Waals surface area contributed by atoms with Crippen molar-refractivity contribution >= 4 is 23.6 Å². The number of carbonyl (C=O) groups is 3. The second kappa shape index (κ2) is 7.21. The first-order valence-corrected chi connectivity index (χ1v) is 9.23. The third kappa shape index (κ3) is 3.83. The first-order chi connectivity index (χ1) is 13.1. The molecule has 0 saturated heterocycles. The van der Waals surface area contributed by atoms with E-state index >= 15 is 0 Å². The number of fused-ring (bicyclic) bond motifs is 1. The van der Waals surface area contributed by atoms with E-state index in [0.29, 0.717) is 25.7 Å². The Bertz CT molecular complexity index is 837. The highest BCUT2D eigenvalue weighted by Gasteiger charge is 2.45. The summed E-state index contributed by atoms with van der Waals surface area (Å²) in [5, 5.41) is 14.0. The predicted octanol–water partition coefficient (Wildman–Crippen LogP) is 3.03. The van der Waals surface area contributed by atoms with Crippen LogP contribution in [0.4, 0.5) is 10.5 Å². The molecule has 1 aliphatic heterocycles. The number of nitrogens with one attached hydrogen (secondary N) is 1. The molecule has 1 aliphatic carbocycles. The first kappa shape index (κ1) is 19.8. The van der Waals surface area contributed by atoms with Gasteiger partial charge in [0.15, 0.2) is 0 Å². The van der Waals surface area contributed by atoms with Crippen molar-refractivity contribution in [1.29, 1.82) is 0 Å². The summed E-state index contributed by atoms with van der Waals surface area (Å²) in [5.41, 5.74) is -0.991. The van der Waals surface area contributed by atoms with E-state index in [1.165, 1.54) is 18.2 Å². The minimum Gasteiger partial charge on any atom is -0.444 e. The molecular weight excluding hydrogens is 366 g/mol. The van der Waals surface area contributed by atoms with Gasteiger partial charge in [-0.3, -0.25) is 24.6 Å². The van der Waals surface area contributed by atoms with Crippen LogP contribution in [0, 0.1) is 10.1 Å². The van der Waals surface area contributed by atoms with Crippen molar-refractivity contribution in [1.82, 2.24) is 10.2 Å². The van der Waals surface area contributed by atoms with Crippen molar-refractivity contribution in [2.45, 2.75) is 64.1 Å². The largest absolute Gasteiger partial charge is 0.444 e. The van der Waals surface area contributed by atoms with Crippen LogP contribution in [-0.2, 0) is 4.74 Å². The minimum atomic E-state index is -0.644. The summed E-state index contributed by atoms with van der Waals surface area (Å²) in [5.74, 6) is -1.11. The van der Waals surface area contributed by atoms with Crippen LogP contribution in [-0.4, -0.2) is 45.4 Å². The van der Waals surface area contributed by atoms with Crippen molar-refractivity contribution < 1.29 is 24.0 Å². The summed E-state index contributed by atoms with van der Waals surface area (Å²) in [6.45, 7) is 5.35. The number of imide groups is 1. The molecule has 1 heterocycles. The number of amides is 3. The molecule has 0 bridgehead atoms. The van der Waals surface area contributed by atoms with Crippen LogP contribution >= 0.6 is 0 Å². The van der Waals surface area contributed by atoms with Gasteiger partial charge >= 0.3 is 6.09 Å². The van der Waals surface area contributed by atoms with Gasteiger partial charge in [-0.2, -0.15) is 0 Å². The molecule has 2 aliphatic rings. The minimum absolute atomic E-state index is 0.0770. The smallest absolute Gasteiger partial charge is 0.407 e. The summed E-state index contributed by atoms with van der Waals surface area (Å²) >= 11 is 0. The highest BCUT2D eigenvalue weighted by molar-refractivity contribution is 6.23. The quantitative estimate of drug-likeness (QED) is 0.482. The average molecular weight is 389 g/mol. The van der Waals surface area contributed by atoms with E-state index in [1.54, 1.807) is 20.8 Å². The molecule has 1 aromatic carbocycles. The van der Waals surface area contributed by atoms with Gasteiger partial charge in [0.05, 0.1) is 10.5 Å². The second-order valence-corrected chi connectivity index (χ2v) is 8.09. The zero-order valence-electron chi connectivity index (χ0n) is 16.1. The highest BCUT2D eigenvalue weighted by Crippen LogP contribution is 2.35. The number of nitro groups is 1. The van der Waals surface area contributed by atoms with E-state index < -0.39 is 28.4 Å². The number of hydrogen-bond donors (Lipinski definition) is 1. The fourth-order valence-electron chi connectivity index (χ4n) is 3.72. The maximum atomic E-state index is 12.8.